The average molecular weight is 539 g/mol. The lowest BCUT2D eigenvalue weighted by atomic mass is 10.2. The second-order valence-electron chi connectivity index (χ2n) is 7.39. The van der Waals surface area contributed by atoms with Crippen LogP contribution in [0.1, 0.15) is 27.6 Å². The van der Waals surface area contributed by atoms with Crippen molar-refractivity contribution in [3.8, 4) is 0 Å². The molecule has 2 aromatic carbocycles. The summed E-state index contributed by atoms with van der Waals surface area (Å²) < 4.78 is 18.1. The molecule has 196 valence electrons. The van der Waals surface area contributed by atoms with Gasteiger partial charge >= 0.3 is 5.97 Å². The zero-order valence-electron chi connectivity index (χ0n) is 20.2. The number of esters is 1. The van der Waals surface area contributed by atoms with Crippen molar-refractivity contribution in [2.45, 2.75) is 12.1 Å². The highest BCUT2D eigenvalue weighted by Gasteiger charge is 2.16. The van der Waals surface area contributed by atoms with E-state index in [1.54, 1.807) is 6.92 Å². The van der Waals surface area contributed by atoms with Gasteiger partial charge in [0.1, 0.15) is 17.2 Å². The van der Waals surface area contributed by atoms with Crippen LogP contribution >= 0.6 is 11.8 Å². The molecule has 0 bridgehead atoms. The Kier molecular flexibility index (Phi) is 10.4. The highest BCUT2D eigenvalue weighted by atomic mass is 32.2. The van der Waals surface area contributed by atoms with Gasteiger partial charge in [0.05, 0.1) is 12.4 Å². The monoisotopic (exact) mass is 538 g/mol. The Morgan fingerprint density at radius 3 is 2.50 bits per heavy atom. The lowest BCUT2D eigenvalue weighted by Crippen LogP contribution is -2.29. The van der Waals surface area contributed by atoms with Gasteiger partial charge in [-0.25, -0.2) is 14.4 Å². The number of hydrogen-bond acceptors (Lipinski definition) is 9. The predicted molar refractivity (Wildman–Crippen MR) is 140 cm³/mol. The summed E-state index contributed by atoms with van der Waals surface area (Å²) in [4.78, 5) is 48.1. The summed E-state index contributed by atoms with van der Waals surface area (Å²) in [5, 5.41) is 12.1. The minimum atomic E-state index is -0.537. The zero-order chi connectivity index (χ0) is 27.3. The van der Waals surface area contributed by atoms with E-state index in [1.165, 1.54) is 54.7 Å². The molecule has 2 amide bonds. The van der Waals surface area contributed by atoms with E-state index in [4.69, 9.17) is 10.3 Å². The van der Waals surface area contributed by atoms with Crippen molar-refractivity contribution < 1.29 is 23.5 Å². The van der Waals surface area contributed by atoms with Crippen LogP contribution in [0, 0.1) is 5.82 Å². The number of carbonyl (C=O) groups excluding carboxylic acids is 3. The summed E-state index contributed by atoms with van der Waals surface area (Å²) >= 11 is 1.04. The Bertz CT molecular complexity index is 1330. The largest absolute Gasteiger partial charge is 0.465 e. The van der Waals surface area contributed by atoms with Gasteiger partial charge in [-0.1, -0.05) is 29.0 Å². The third-order valence-corrected chi connectivity index (χ3v) is 5.57. The van der Waals surface area contributed by atoms with Crippen molar-refractivity contribution >= 4 is 46.7 Å². The molecule has 0 fully saturated rings. The third-order valence-electron chi connectivity index (χ3n) is 4.73. The summed E-state index contributed by atoms with van der Waals surface area (Å²) in [5.74, 6) is -1.58. The molecule has 0 atom stereocenters. The van der Waals surface area contributed by atoms with Gasteiger partial charge in [-0.2, -0.15) is 0 Å². The van der Waals surface area contributed by atoms with E-state index in [2.05, 4.69) is 35.9 Å². The van der Waals surface area contributed by atoms with Crippen molar-refractivity contribution in [3.05, 3.63) is 82.1 Å². The fourth-order valence-electron chi connectivity index (χ4n) is 2.98. The van der Waals surface area contributed by atoms with Gasteiger partial charge in [-0.05, 0) is 48.9 Å². The second-order valence-corrected chi connectivity index (χ2v) is 8.33. The van der Waals surface area contributed by atoms with E-state index in [1.807, 2.05) is 0 Å². The van der Waals surface area contributed by atoms with Crippen molar-refractivity contribution in [2.24, 2.45) is 5.11 Å². The molecule has 3 aromatic rings. The van der Waals surface area contributed by atoms with Crippen LogP contribution in [-0.2, 0) is 9.53 Å². The van der Waals surface area contributed by atoms with E-state index < -0.39 is 17.7 Å². The Balaban J connectivity index is 1.66. The number of anilines is 2. The van der Waals surface area contributed by atoms with E-state index in [-0.39, 0.29) is 47.9 Å². The van der Waals surface area contributed by atoms with Gasteiger partial charge in [-0.15, -0.1) is 0 Å². The van der Waals surface area contributed by atoms with E-state index in [9.17, 15) is 18.8 Å². The smallest absolute Gasteiger partial charge is 0.316 e. The van der Waals surface area contributed by atoms with Crippen molar-refractivity contribution in [1.29, 1.82) is 0 Å². The SMILES string of the molecule is CCOC(=O)CSc1ncc(C(=O)Nc2ccc(F)cc2)c(NCCNC(=O)c2ccc(N=[N+]=[N-])cc2)n1. The molecule has 0 aliphatic heterocycles. The summed E-state index contributed by atoms with van der Waals surface area (Å²) in [7, 11) is 0. The number of hydrogen-bond donors (Lipinski definition) is 3. The number of rotatable bonds is 12. The van der Waals surface area contributed by atoms with Crippen LogP contribution in [0.3, 0.4) is 0 Å². The number of aromatic nitrogens is 2. The minimum Gasteiger partial charge on any atom is -0.465 e. The van der Waals surface area contributed by atoms with Crippen LogP contribution < -0.4 is 16.0 Å². The highest BCUT2D eigenvalue weighted by Crippen LogP contribution is 2.20. The molecule has 0 aliphatic carbocycles. The number of azide groups is 1. The molecule has 0 radical (unpaired) electrons. The first-order valence-electron chi connectivity index (χ1n) is 11.3. The van der Waals surface area contributed by atoms with E-state index >= 15 is 0 Å². The number of nitrogens with one attached hydrogen (secondary N) is 3. The maximum atomic E-state index is 13.2. The highest BCUT2D eigenvalue weighted by molar-refractivity contribution is 7.99. The quantitative estimate of drug-likeness (QED) is 0.0582. The van der Waals surface area contributed by atoms with Crippen molar-refractivity contribution in [2.75, 3.05) is 36.1 Å². The maximum absolute atomic E-state index is 13.2. The lowest BCUT2D eigenvalue weighted by molar-refractivity contribution is -0.139. The molecule has 38 heavy (non-hydrogen) atoms. The minimum absolute atomic E-state index is 0.0110. The van der Waals surface area contributed by atoms with Crippen LogP contribution in [0.15, 0.2) is 65.0 Å². The van der Waals surface area contributed by atoms with Crippen molar-refractivity contribution in [1.82, 2.24) is 15.3 Å². The van der Waals surface area contributed by atoms with Gasteiger partial charge < -0.3 is 20.7 Å². The number of benzene rings is 2. The fourth-order valence-corrected chi connectivity index (χ4v) is 3.60. The lowest BCUT2D eigenvalue weighted by Gasteiger charge is -2.13. The van der Waals surface area contributed by atoms with Gasteiger partial charge in [0.2, 0.25) is 0 Å². The normalized spacial score (nSPS) is 10.2. The van der Waals surface area contributed by atoms with Crippen LogP contribution in [-0.4, -0.2) is 53.2 Å². The molecular formula is C24H23FN8O4S. The first kappa shape index (κ1) is 27.9. The molecule has 12 nitrogen and oxygen atoms in total. The predicted octanol–water partition coefficient (Wildman–Crippen LogP) is 4.31. The molecular weight excluding hydrogens is 515 g/mol. The first-order valence-corrected chi connectivity index (χ1v) is 12.3. The summed E-state index contributed by atoms with van der Waals surface area (Å²) in [6.45, 7) is 2.34. The molecule has 0 aliphatic rings. The zero-order valence-corrected chi connectivity index (χ0v) is 21.0. The Morgan fingerprint density at radius 2 is 1.82 bits per heavy atom. The van der Waals surface area contributed by atoms with Crippen LogP contribution in [0.25, 0.3) is 10.4 Å². The standard InChI is InChI=1S/C24H23FN8O4S/c1-2-37-20(34)14-38-24-29-13-19(23(36)30-17-9-5-16(25)6-10-17)21(31-24)27-11-12-28-22(35)15-3-7-18(8-4-15)32-33-26/h3-10,13H,2,11-12,14H2,1H3,(H,28,35)(H,30,36)(H,27,29,31). The number of thioether (sulfide) groups is 1. The van der Waals surface area contributed by atoms with Crippen LogP contribution in [0.2, 0.25) is 0 Å². The second kappa shape index (κ2) is 14.2. The summed E-state index contributed by atoms with van der Waals surface area (Å²) in [6, 6.07) is 11.4. The number of ether oxygens (including phenoxy) is 1. The Hall–Kier alpha value is -4.68. The molecule has 0 saturated carbocycles. The van der Waals surface area contributed by atoms with Crippen molar-refractivity contribution in [3.63, 3.8) is 0 Å². The van der Waals surface area contributed by atoms with E-state index in [0.717, 1.165) is 11.8 Å². The molecule has 1 heterocycles. The molecule has 0 unspecified atom stereocenters. The Morgan fingerprint density at radius 1 is 1.08 bits per heavy atom. The maximum Gasteiger partial charge on any atom is 0.316 e. The molecule has 14 heteroatoms. The van der Waals surface area contributed by atoms with Gasteiger partial charge in [0.15, 0.2) is 5.16 Å². The number of carbonyl (C=O) groups is 3. The third kappa shape index (κ3) is 8.47. The Labute approximate surface area is 221 Å². The molecule has 3 rings (SSSR count). The molecule has 1 aromatic heterocycles. The average Bonchev–Trinajstić information content (AvgIpc) is 2.92. The summed E-state index contributed by atoms with van der Waals surface area (Å²) in [6.07, 6.45) is 1.31. The van der Waals surface area contributed by atoms with Gasteiger partial charge in [0.25, 0.3) is 11.8 Å². The molecule has 0 saturated heterocycles. The van der Waals surface area contributed by atoms with Gasteiger partial charge in [-0.3, -0.25) is 14.4 Å². The van der Waals surface area contributed by atoms with Crippen LogP contribution in [0.4, 0.5) is 21.6 Å². The fraction of sp³-hybridized carbons (Fsp3) is 0.208. The number of halogens is 1. The van der Waals surface area contributed by atoms with Gasteiger partial charge in [0, 0.05) is 41.1 Å². The van der Waals surface area contributed by atoms with E-state index in [0.29, 0.717) is 16.9 Å². The molecule has 3 N–H and O–H groups in total. The molecule has 0 spiro atoms. The summed E-state index contributed by atoms with van der Waals surface area (Å²) in [5.41, 5.74) is 9.71. The first-order chi connectivity index (χ1) is 18.4. The number of nitrogens with zero attached hydrogens (tertiary/aromatic N) is 5. The van der Waals surface area contributed by atoms with Crippen LogP contribution in [0.5, 0.6) is 0 Å². The topological polar surface area (TPSA) is 171 Å². The number of amides is 2.